The molecule has 0 atom stereocenters. The number of nitrogens with zero attached hydrogens (tertiary/aromatic N) is 1. The Morgan fingerprint density at radius 3 is 2.32 bits per heavy atom. The molecule has 116 valence electrons. The number of carbonyl (C=O) groups is 1. The van der Waals surface area contributed by atoms with E-state index in [9.17, 15) is 4.79 Å². The number of anilines is 1. The Bertz CT molecular complexity index is 636. The molecule has 0 aliphatic rings. The number of hydrogen-bond donors (Lipinski definition) is 1. The lowest BCUT2D eigenvalue weighted by molar-refractivity contribution is -0.117. The van der Waals surface area contributed by atoms with Crippen LogP contribution < -0.4 is 5.32 Å². The van der Waals surface area contributed by atoms with Crippen molar-refractivity contribution >= 4 is 43.5 Å². The molecule has 1 amide bonds. The first-order chi connectivity index (χ1) is 10.5. The van der Waals surface area contributed by atoms with Gasteiger partial charge in [0.05, 0.1) is 12.2 Å². The Balaban J connectivity index is 1.96. The van der Waals surface area contributed by atoms with E-state index < -0.39 is 0 Å². The predicted octanol–water partition coefficient (Wildman–Crippen LogP) is 4.59. The van der Waals surface area contributed by atoms with E-state index in [2.05, 4.69) is 49.3 Å². The first-order valence-electron chi connectivity index (χ1n) is 6.93. The molecule has 0 aliphatic heterocycles. The van der Waals surface area contributed by atoms with Gasteiger partial charge in [0.1, 0.15) is 0 Å². The van der Waals surface area contributed by atoms with Crippen LogP contribution in [0.25, 0.3) is 0 Å². The summed E-state index contributed by atoms with van der Waals surface area (Å²) in [5, 5.41) is 2.95. The zero-order valence-electron chi connectivity index (χ0n) is 12.6. The van der Waals surface area contributed by atoms with Crippen LogP contribution in [0.1, 0.15) is 11.1 Å². The Morgan fingerprint density at radius 1 is 1.14 bits per heavy atom. The van der Waals surface area contributed by atoms with Crippen molar-refractivity contribution in [3.63, 3.8) is 0 Å². The van der Waals surface area contributed by atoms with E-state index in [4.69, 9.17) is 0 Å². The van der Waals surface area contributed by atoms with Gasteiger partial charge in [0.25, 0.3) is 0 Å². The highest BCUT2D eigenvalue weighted by Crippen LogP contribution is 2.32. The number of nitrogens with one attached hydrogen (secondary N) is 1. The molecule has 2 rings (SSSR count). The Kier molecular flexibility index (Phi) is 6.17. The van der Waals surface area contributed by atoms with Gasteiger partial charge in [-0.25, -0.2) is 0 Å². The second-order valence-corrected chi connectivity index (χ2v) is 7.02. The summed E-state index contributed by atoms with van der Waals surface area (Å²) in [5.41, 5.74) is 3.08. The Labute approximate surface area is 148 Å². The standard InChI is InChI=1S/C17H18Br2N2O/c1-12-8-14(18)17(15(19)9-12)20-16(22)11-21(2)10-13-6-4-3-5-7-13/h3-9H,10-11H2,1-2H3,(H,20,22). The summed E-state index contributed by atoms with van der Waals surface area (Å²) in [6.07, 6.45) is 0. The van der Waals surface area contributed by atoms with Gasteiger partial charge in [0.15, 0.2) is 0 Å². The summed E-state index contributed by atoms with van der Waals surface area (Å²) >= 11 is 6.98. The highest BCUT2D eigenvalue weighted by atomic mass is 79.9. The van der Waals surface area contributed by atoms with E-state index in [1.165, 1.54) is 5.56 Å². The molecule has 1 N–H and O–H groups in total. The molecule has 2 aromatic carbocycles. The molecule has 0 radical (unpaired) electrons. The summed E-state index contributed by atoms with van der Waals surface area (Å²) in [6, 6.07) is 14.1. The van der Waals surface area contributed by atoms with Gasteiger partial charge in [-0.15, -0.1) is 0 Å². The maximum absolute atomic E-state index is 12.2. The molecule has 0 heterocycles. The third-order valence-corrected chi connectivity index (χ3v) is 4.41. The van der Waals surface area contributed by atoms with E-state index in [0.29, 0.717) is 6.54 Å². The maximum atomic E-state index is 12.2. The third-order valence-electron chi connectivity index (χ3n) is 3.16. The minimum atomic E-state index is -0.0383. The number of rotatable bonds is 5. The van der Waals surface area contributed by atoms with Crippen LogP contribution in [0.2, 0.25) is 0 Å². The van der Waals surface area contributed by atoms with E-state index in [1.807, 2.05) is 49.2 Å². The Morgan fingerprint density at radius 2 is 1.73 bits per heavy atom. The van der Waals surface area contributed by atoms with Crippen molar-refractivity contribution in [1.29, 1.82) is 0 Å². The van der Waals surface area contributed by atoms with Crippen LogP contribution >= 0.6 is 31.9 Å². The van der Waals surface area contributed by atoms with Gasteiger partial charge in [0.2, 0.25) is 5.91 Å². The van der Waals surface area contributed by atoms with Crippen molar-refractivity contribution in [3.8, 4) is 0 Å². The molecule has 0 saturated carbocycles. The normalized spacial score (nSPS) is 10.8. The smallest absolute Gasteiger partial charge is 0.238 e. The molecule has 5 heteroatoms. The summed E-state index contributed by atoms with van der Waals surface area (Å²) in [7, 11) is 1.94. The molecular formula is C17H18Br2N2O. The highest BCUT2D eigenvalue weighted by Gasteiger charge is 2.12. The van der Waals surface area contributed by atoms with E-state index >= 15 is 0 Å². The molecule has 0 aliphatic carbocycles. The molecule has 0 aromatic heterocycles. The van der Waals surface area contributed by atoms with Crippen LogP contribution in [0.5, 0.6) is 0 Å². The number of halogens is 2. The van der Waals surface area contributed by atoms with Crippen LogP contribution in [0.4, 0.5) is 5.69 Å². The summed E-state index contributed by atoms with van der Waals surface area (Å²) in [4.78, 5) is 14.2. The number of carbonyl (C=O) groups excluding carboxylic acids is 1. The lowest BCUT2D eigenvalue weighted by Crippen LogP contribution is -2.30. The second-order valence-electron chi connectivity index (χ2n) is 5.31. The van der Waals surface area contributed by atoms with Gasteiger partial charge < -0.3 is 5.32 Å². The fourth-order valence-corrected chi connectivity index (χ4v) is 3.81. The van der Waals surface area contributed by atoms with Crippen LogP contribution in [-0.2, 0) is 11.3 Å². The number of amides is 1. The minimum absolute atomic E-state index is 0.0383. The van der Waals surface area contributed by atoms with Gasteiger partial charge >= 0.3 is 0 Å². The highest BCUT2D eigenvalue weighted by molar-refractivity contribution is 9.11. The predicted molar refractivity (Wildman–Crippen MR) is 98.0 cm³/mol. The molecule has 0 unspecified atom stereocenters. The van der Waals surface area contributed by atoms with Crippen LogP contribution in [0.3, 0.4) is 0 Å². The van der Waals surface area contributed by atoms with E-state index in [0.717, 1.165) is 26.7 Å². The Hall–Kier alpha value is -1.17. The lowest BCUT2D eigenvalue weighted by Gasteiger charge is -2.17. The molecule has 3 nitrogen and oxygen atoms in total. The number of aryl methyl sites for hydroxylation is 1. The fraction of sp³-hybridized carbons (Fsp3) is 0.235. The van der Waals surface area contributed by atoms with Gasteiger partial charge in [-0.1, -0.05) is 30.3 Å². The summed E-state index contributed by atoms with van der Waals surface area (Å²) in [6.45, 7) is 3.08. The van der Waals surface area contributed by atoms with E-state index in [-0.39, 0.29) is 5.91 Å². The van der Waals surface area contributed by atoms with Crippen LogP contribution in [0.15, 0.2) is 51.4 Å². The first-order valence-corrected chi connectivity index (χ1v) is 8.52. The zero-order chi connectivity index (χ0) is 16.1. The second kappa shape index (κ2) is 7.90. The summed E-state index contributed by atoms with van der Waals surface area (Å²) < 4.78 is 1.75. The van der Waals surface area contributed by atoms with Crippen LogP contribution in [-0.4, -0.2) is 24.4 Å². The van der Waals surface area contributed by atoms with E-state index in [1.54, 1.807) is 0 Å². The monoisotopic (exact) mass is 424 g/mol. The van der Waals surface area contributed by atoms with Crippen molar-refractivity contribution in [2.75, 3.05) is 18.9 Å². The van der Waals surface area contributed by atoms with Crippen molar-refractivity contribution in [3.05, 3.63) is 62.5 Å². The van der Waals surface area contributed by atoms with Crippen molar-refractivity contribution in [2.24, 2.45) is 0 Å². The van der Waals surface area contributed by atoms with Gasteiger partial charge in [-0.05, 0) is 69.1 Å². The molecule has 0 bridgehead atoms. The number of likely N-dealkylation sites (N-methyl/N-ethyl adjacent to an activating group) is 1. The quantitative estimate of drug-likeness (QED) is 0.759. The number of benzene rings is 2. The molecule has 2 aromatic rings. The van der Waals surface area contributed by atoms with Gasteiger partial charge in [-0.3, -0.25) is 9.69 Å². The molecule has 0 saturated heterocycles. The summed E-state index contributed by atoms with van der Waals surface area (Å²) in [5.74, 6) is -0.0383. The average molecular weight is 426 g/mol. The van der Waals surface area contributed by atoms with Crippen molar-refractivity contribution in [1.82, 2.24) is 4.90 Å². The third kappa shape index (κ3) is 4.93. The topological polar surface area (TPSA) is 32.3 Å². The lowest BCUT2D eigenvalue weighted by atomic mass is 10.2. The molecular weight excluding hydrogens is 408 g/mol. The SMILES string of the molecule is Cc1cc(Br)c(NC(=O)CN(C)Cc2ccccc2)c(Br)c1. The fourth-order valence-electron chi connectivity index (χ4n) is 2.19. The number of hydrogen-bond acceptors (Lipinski definition) is 2. The average Bonchev–Trinajstić information content (AvgIpc) is 2.43. The zero-order valence-corrected chi connectivity index (χ0v) is 15.7. The van der Waals surface area contributed by atoms with Crippen molar-refractivity contribution in [2.45, 2.75) is 13.5 Å². The first kappa shape index (κ1) is 17.2. The molecule has 22 heavy (non-hydrogen) atoms. The maximum Gasteiger partial charge on any atom is 0.238 e. The largest absolute Gasteiger partial charge is 0.323 e. The van der Waals surface area contributed by atoms with Gasteiger partial charge in [0, 0.05) is 15.5 Å². The van der Waals surface area contributed by atoms with Crippen LogP contribution in [0, 0.1) is 6.92 Å². The minimum Gasteiger partial charge on any atom is -0.323 e. The molecule has 0 spiro atoms. The van der Waals surface area contributed by atoms with Gasteiger partial charge in [-0.2, -0.15) is 0 Å². The molecule has 0 fully saturated rings. The van der Waals surface area contributed by atoms with Crippen molar-refractivity contribution < 1.29 is 4.79 Å².